The fourth-order valence-electron chi connectivity index (χ4n) is 4.30. The number of imidazole rings is 1. The fraction of sp³-hybridized carbons (Fsp3) is 0.138. The molecular weight excluding hydrogens is 585 g/mol. The Morgan fingerprint density at radius 1 is 1.00 bits per heavy atom. The van der Waals surface area contributed by atoms with Crippen LogP contribution < -0.4 is 9.47 Å². The molecule has 3 aromatic carbocycles. The summed E-state index contributed by atoms with van der Waals surface area (Å²) >= 11 is 5.76. The zero-order chi connectivity index (χ0) is 30.1. The van der Waals surface area contributed by atoms with Crippen LogP contribution >= 0.6 is 11.6 Å². The van der Waals surface area contributed by atoms with Gasteiger partial charge in [0.2, 0.25) is 5.88 Å². The predicted molar refractivity (Wildman–Crippen MR) is 142 cm³/mol. The van der Waals surface area contributed by atoms with E-state index in [9.17, 15) is 23.1 Å². The van der Waals surface area contributed by atoms with Gasteiger partial charge in [-0.3, -0.25) is 0 Å². The van der Waals surface area contributed by atoms with Crippen molar-refractivity contribution < 1.29 is 41.3 Å². The van der Waals surface area contributed by atoms with Crippen molar-refractivity contribution in [3.05, 3.63) is 106 Å². The summed E-state index contributed by atoms with van der Waals surface area (Å²) in [5.74, 6) is -4.11. The smallest absolute Gasteiger partial charge is 0.387 e. The summed E-state index contributed by atoms with van der Waals surface area (Å²) in [7, 11) is 1.46. The van der Waals surface area contributed by atoms with E-state index >= 15 is 8.78 Å². The number of carboxylic acids is 1. The van der Waals surface area contributed by atoms with Crippen molar-refractivity contribution in [3.63, 3.8) is 0 Å². The fourth-order valence-corrected chi connectivity index (χ4v) is 4.45. The Labute approximate surface area is 239 Å². The molecular formula is C29H19ClF5N3O4. The topological polar surface area (TPSA) is 86.5 Å². The third-order valence-electron chi connectivity index (χ3n) is 6.39. The highest BCUT2D eigenvalue weighted by molar-refractivity contribution is 6.30. The molecule has 5 aromatic rings. The Kier molecular flexibility index (Phi) is 7.99. The lowest BCUT2D eigenvalue weighted by Crippen LogP contribution is -2.05. The van der Waals surface area contributed by atoms with Crippen molar-refractivity contribution in [3.8, 4) is 22.9 Å². The second-order valence-electron chi connectivity index (χ2n) is 9.09. The molecule has 0 aliphatic rings. The van der Waals surface area contributed by atoms with Crippen molar-refractivity contribution in [2.75, 3.05) is 0 Å². The van der Waals surface area contributed by atoms with Crippen LogP contribution in [-0.2, 0) is 20.1 Å². The largest absolute Gasteiger partial charge is 0.478 e. The van der Waals surface area contributed by atoms with Crippen LogP contribution in [0.1, 0.15) is 27.3 Å². The summed E-state index contributed by atoms with van der Waals surface area (Å²) in [5, 5.41) is 9.58. The van der Waals surface area contributed by atoms with Crippen LogP contribution in [0.3, 0.4) is 0 Å². The van der Waals surface area contributed by atoms with Gasteiger partial charge >= 0.3 is 12.6 Å². The molecule has 0 saturated heterocycles. The highest BCUT2D eigenvalue weighted by Crippen LogP contribution is 2.31. The molecule has 0 atom stereocenters. The van der Waals surface area contributed by atoms with Gasteiger partial charge in [0.1, 0.15) is 35.4 Å². The predicted octanol–water partition coefficient (Wildman–Crippen LogP) is 7.18. The Hall–Kier alpha value is -4.71. The number of aromatic carboxylic acids is 1. The molecule has 0 fully saturated rings. The van der Waals surface area contributed by atoms with E-state index in [1.807, 2.05) is 0 Å². The van der Waals surface area contributed by atoms with Gasteiger partial charge in [-0.25, -0.2) is 27.9 Å². The lowest BCUT2D eigenvalue weighted by molar-refractivity contribution is -0.0489. The number of alkyl halides is 2. The van der Waals surface area contributed by atoms with Gasteiger partial charge in [-0.05, 0) is 42.5 Å². The maximum Gasteiger partial charge on any atom is 0.387 e. The Morgan fingerprint density at radius 2 is 1.74 bits per heavy atom. The minimum atomic E-state index is -3.25. The van der Waals surface area contributed by atoms with E-state index in [1.165, 1.54) is 41.9 Å². The molecule has 0 spiro atoms. The molecule has 0 unspecified atom stereocenters. The van der Waals surface area contributed by atoms with E-state index in [0.29, 0.717) is 0 Å². The molecule has 42 heavy (non-hydrogen) atoms. The second kappa shape index (κ2) is 11.6. The Balaban J connectivity index is 1.42. The number of hydrogen-bond acceptors (Lipinski definition) is 5. The number of carbonyl (C=O) groups is 1. The molecule has 2 heterocycles. The van der Waals surface area contributed by atoms with Gasteiger partial charge in [-0.2, -0.15) is 8.78 Å². The second-order valence-corrected chi connectivity index (χ2v) is 9.53. The number of carboxylic acid groups (broad SMARTS) is 1. The molecule has 0 amide bonds. The highest BCUT2D eigenvalue weighted by Gasteiger charge is 2.21. The summed E-state index contributed by atoms with van der Waals surface area (Å²) in [4.78, 5) is 19.9. The first-order valence-corrected chi connectivity index (χ1v) is 12.6. The minimum Gasteiger partial charge on any atom is -0.478 e. The van der Waals surface area contributed by atoms with Gasteiger partial charge in [-0.15, -0.1) is 0 Å². The van der Waals surface area contributed by atoms with Crippen molar-refractivity contribution >= 4 is 28.6 Å². The van der Waals surface area contributed by atoms with Crippen LogP contribution in [0.5, 0.6) is 11.6 Å². The molecule has 5 rings (SSSR count). The molecule has 0 saturated carbocycles. The maximum absolute atomic E-state index is 15.2. The number of fused-ring (bicyclic) bond motifs is 1. The monoisotopic (exact) mass is 603 g/mol. The highest BCUT2D eigenvalue weighted by atomic mass is 35.5. The van der Waals surface area contributed by atoms with E-state index in [-0.39, 0.29) is 68.7 Å². The normalized spacial score (nSPS) is 11.3. The summed E-state index contributed by atoms with van der Waals surface area (Å²) < 4.78 is 81.8. The van der Waals surface area contributed by atoms with Crippen molar-refractivity contribution in [2.45, 2.75) is 19.6 Å². The van der Waals surface area contributed by atoms with Gasteiger partial charge in [0.15, 0.2) is 5.75 Å². The Morgan fingerprint density at radius 3 is 2.40 bits per heavy atom. The third kappa shape index (κ3) is 5.98. The number of ether oxygens (including phenoxy) is 2. The SMILES string of the molecule is Cn1c(Cc2c(F)cc(-c3cccc(OCc4ccc(Cl)cc4F)n3)cc2F)nc2c(OC(F)F)cc(C(=O)O)cc21. The number of pyridine rings is 1. The van der Waals surface area contributed by atoms with Gasteiger partial charge in [-0.1, -0.05) is 23.7 Å². The number of benzene rings is 3. The van der Waals surface area contributed by atoms with Crippen molar-refractivity contribution in [1.29, 1.82) is 0 Å². The molecule has 0 bridgehead atoms. The van der Waals surface area contributed by atoms with Crippen LogP contribution in [0, 0.1) is 17.5 Å². The van der Waals surface area contributed by atoms with E-state index in [2.05, 4.69) is 14.7 Å². The van der Waals surface area contributed by atoms with Crippen molar-refractivity contribution in [1.82, 2.24) is 14.5 Å². The summed E-state index contributed by atoms with van der Waals surface area (Å²) in [5.41, 5.74) is -0.134. The first-order valence-electron chi connectivity index (χ1n) is 12.2. The van der Waals surface area contributed by atoms with E-state index in [1.54, 1.807) is 6.07 Å². The lowest BCUT2D eigenvalue weighted by atomic mass is 10.0. The first kappa shape index (κ1) is 28.8. The quantitative estimate of drug-likeness (QED) is 0.180. The average molecular weight is 604 g/mol. The molecule has 13 heteroatoms. The first-order chi connectivity index (χ1) is 20.0. The minimum absolute atomic E-state index is 0.0696. The van der Waals surface area contributed by atoms with Gasteiger partial charge < -0.3 is 19.1 Å². The van der Waals surface area contributed by atoms with E-state index in [0.717, 1.165) is 24.3 Å². The van der Waals surface area contributed by atoms with Gasteiger partial charge in [0.25, 0.3) is 0 Å². The molecule has 1 N–H and O–H groups in total. The summed E-state index contributed by atoms with van der Waals surface area (Å²) in [6.07, 6.45) is -0.386. The van der Waals surface area contributed by atoms with E-state index in [4.69, 9.17) is 16.3 Å². The third-order valence-corrected chi connectivity index (χ3v) is 6.63. The summed E-state index contributed by atoms with van der Waals surface area (Å²) in [6, 6.07) is 12.9. The lowest BCUT2D eigenvalue weighted by Gasteiger charge is -2.10. The molecule has 216 valence electrons. The van der Waals surface area contributed by atoms with Crippen LogP contribution in [-0.4, -0.2) is 32.2 Å². The van der Waals surface area contributed by atoms with Crippen LogP contribution in [0.4, 0.5) is 22.0 Å². The summed E-state index contributed by atoms with van der Waals surface area (Å²) in [6.45, 7) is -3.40. The van der Waals surface area contributed by atoms with Crippen molar-refractivity contribution in [2.24, 2.45) is 7.05 Å². The molecule has 7 nitrogen and oxygen atoms in total. The van der Waals surface area contributed by atoms with Crippen LogP contribution in [0.15, 0.2) is 60.7 Å². The average Bonchev–Trinajstić information content (AvgIpc) is 3.25. The zero-order valence-corrected chi connectivity index (χ0v) is 22.3. The maximum atomic E-state index is 15.2. The number of hydrogen-bond donors (Lipinski definition) is 1. The molecule has 0 aliphatic carbocycles. The standard InChI is InChI=1S/C29H19ClF5N3O4/c1-38-23-9-16(28(39)40)10-24(42-29(34)35)27(23)37-25(38)12-18-20(32)7-15(8-21(18)33)22-3-2-4-26(36-22)41-13-14-5-6-17(30)11-19(14)31/h2-11,29H,12-13H2,1H3,(H,39,40). The molecule has 2 aromatic heterocycles. The van der Waals surface area contributed by atoms with Crippen LogP contribution in [0.2, 0.25) is 5.02 Å². The zero-order valence-electron chi connectivity index (χ0n) is 21.5. The number of nitrogens with zero attached hydrogens (tertiary/aromatic N) is 3. The number of halogens is 6. The van der Waals surface area contributed by atoms with Gasteiger partial charge in [0, 0.05) is 41.2 Å². The van der Waals surface area contributed by atoms with Gasteiger partial charge in [0.05, 0.1) is 16.8 Å². The number of aromatic nitrogens is 3. The van der Waals surface area contributed by atoms with E-state index < -0.39 is 35.8 Å². The Bertz CT molecular complexity index is 1810. The number of rotatable bonds is 9. The molecule has 0 aliphatic heterocycles. The van der Waals surface area contributed by atoms with Crippen LogP contribution in [0.25, 0.3) is 22.3 Å². The number of aryl methyl sites for hydroxylation is 1. The molecule has 0 radical (unpaired) electrons.